The van der Waals surface area contributed by atoms with Crippen LogP contribution in [0.4, 0.5) is 9.59 Å². The van der Waals surface area contributed by atoms with Crippen LogP contribution < -0.4 is 15.4 Å². The third kappa shape index (κ3) is 8.09. The van der Waals surface area contributed by atoms with Crippen molar-refractivity contribution in [3.05, 3.63) is 65.9 Å². The summed E-state index contributed by atoms with van der Waals surface area (Å²) in [6, 6.07) is 12.6. The molecule has 6 atom stereocenters. The van der Waals surface area contributed by atoms with Gasteiger partial charge in [0, 0.05) is 49.5 Å². The van der Waals surface area contributed by atoms with Gasteiger partial charge < -0.3 is 54.1 Å². The highest BCUT2D eigenvalue weighted by Crippen LogP contribution is 2.44. The molecule has 17 heteroatoms. The lowest BCUT2D eigenvalue weighted by molar-refractivity contribution is -0.139. The monoisotopic (exact) mass is 902 g/mol. The van der Waals surface area contributed by atoms with Crippen molar-refractivity contribution >= 4 is 45.8 Å². The number of nitrogens with one attached hydrogen (secondary N) is 4. The third-order valence-electron chi connectivity index (χ3n) is 14.7. The number of rotatable bonds is 9. The van der Waals surface area contributed by atoms with Gasteiger partial charge in [0.2, 0.25) is 11.8 Å². The van der Waals surface area contributed by atoms with Gasteiger partial charge in [0.1, 0.15) is 36.1 Å². The first kappa shape index (κ1) is 43.7. The lowest BCUT2D eigenvalue weighted by Gasteiger charge is -2.36. The van der Waals surface area contributed by atoms with Crippen molar-refractivity contribution in [1.29, 1.82) is 0 Å². The number of aromatic nitrogens is 4. The molecule has 17 nitrogen and oxygen atoms in total. The molecule has 0 aliphatic carbocycles. The molecule has 4 N–H and O–H groups in total. The number of likely N-dealkylation sites (tertiary alicyclic amines) is 2. The van der Waals surface area contributed by atoms with E-state index < -0.39 is 24.3 Å². The molecule has 7 heterocycles. The Balaban J connectivity index is 0.892. The van der Waals surface area contributed by atoms with Crippen LogP contribution in [-0.4, -0.2) is 119 Å². The smallest absolute Gasteiger partial charge is 0.407 e. The zero-order valence-corrected chi connectivity index (χ0v) is 37.9. The van der Waals surface area contributed by atoms with E-state index in [1.807, 2.05) is 29.0 Å². The number of hydrogen-bond donors (Lipinski definition) is 4. The normalized spacial score (nSPS) is 23.2. The molecule has 5 aliphatic heterocycles. The summed E-state index contributed by atoms with van der Waals surface area (Å²) >= 11 is 0. The summed E-state index contributed by atoms with van der Waals surface area (Å²) in [5.74, 6) is 1.83. The van der Waals surface area contributed by atoms with Gasteiger partial charge in [-0.2, -0.15) is 0 Å². The first-order valence-electron chi connectivity index (χ1n) is 23.4. The molecule has 0 saturated carbocycles. The topological polar surface area (TPSA) is 202 Å². The minimum Gasteiger partial charge on any atom is -0.488 e. The quantitative estimate of drug-likeness (QED) is 0.118. The van der Waals surface area contributed by atoms with Crippen molar-refractivity contribution < 1.29 is 42.9 Å². The number of carbonyl (C=O) groups excluding carboxylic acids is 4. The van der Waals surface area contributed by atoms with E-state index >= 15 is 0 Å². The second-order valence-electron chi connectivity index (χ2n) is 18.5. The van der Waals surface area contributed by atoms with Crippen LogP contribution in [0.2, 0.25) is 0 Å². The number of H-pyrrole nitrogens is 2. The van der Waals surface area contributed by atoms with Crippen LogP contribution >= 0.6 is 0 Å². The summed E-state index contributed by atoms with van der Waals surface area (Å²) in [6.07, 6.45) is 6.41. The van der Waals surface area contributed by atoms with Crippen molar-refractivity contribution in [3.63, 3.8) is 0 Å². The fourth-order valence-electron chi connectivity index (χ4n) is 11.1. The highest BCUT2D eigenvalue weighted by Gasteiger charge is 2.45. The molecular weight excluding hydrogens is 845 g/mol. The Morgan fingerprint density at radius 3 is 1.92 bits per heavy atom. The molecule has 5 aromatic rings. The molecule has 4 fully saturated rings. The van der Waals surface area contributed by atoms with E-state index in [-0.39, 0.29) is 47.8 Å². The number of fused-ring (bicyclic) bond motifs is 6. The molecule has 0 bridgehead atoms. The van der Waals surface area contributed by atoms with E-state index in [0.717, 1.165) is 81.2 Å². The van der Waals surface area contributed by atoms with Gasteiger partial charge in [0.05, 0.1) is 49.2 Å². The van der Waals surface area contributed by atoms with Crippen molar-refractivity contribution in [1.82, 2.24) is 40.4 Å². The zero-order chi connectivity index (χ0) is 45.6. The Bertz CT molecular complexity index is 2650. The van der Waals surface area contributed by atoms with Crippen LogP contribution in [0.3, 0.4) is 0 Å². The molecule has 3 aromatic carbocycles. The maximum Gasteiger partial charge on any atom is 0.407 e. The molecular formula is C49H58N8O9. The number of benzene rings is 3. The van der Waals surface area contributed by atoms with Crippen LogP contribution in [-0.2, 0) is 35.1 Å². The average molecular weight is 903 g/mol. The summed E-state index contributed by atoms with van der Waals surface area (Å²) in [7, 11) is 2.62. The van der Waals surface area contributed by atoms with Crippen molar-refractivity contribution in [3.8, 4) is 28.1 Å². The minimum atomic E-state index is -0.724. The van der Waals surface area contributed by atoms with Crippen LogP contribution in [0, 0.1) is 11.8 Å². The third-order valence-corrected chi connectivity index (χ3v) is 14.7. The van der Waals surface area contributed by atoms with Crippen LogP contribution in [0.1, 0.15) is 94.5 Å². The Morgan fingerprint density at radius 1 is 0.712 bits per heavy atom. The summed E-state index contributed by atoms with van der Waals surface area (Å²) in [4.78, 5) is 74.5. The standard InChI is InChI=1S/C49H58N8O9/c1-26-5-11-38(56(26)46(58)41(54-48(60)62-3)28-13-17-64-18-14-28)44-50-24-37(52-44)31-7-9-33-32(21-31)25-66-40-23-34-30(22-35(33)40)8-10-36-43(34)53-45(51-36)39-12-6-27(2)57(39)47(59)42(55-49(61)63-4)29-15-19-65-20-16-29/h7-10,21-24,26-29,38-39,41-42H,5-6,11-20,25H2,1-4H3,(H,50,52)(H,51,53)(H,54,60)(H,55,61)/t26-,27-,38-,39-,41-,42?/m0/s1. The largest absolute Gasteiger partial charge is 0.488 e. The van der Waals surface area contributed by atoms with Gasteiger partial charge in [0.15, 0.2) is 0 Å². The van der Waals surface area contributed by atoms with E-state index in [9.17, 15) is 19.2 Å². The number of nitrogens with zero attached hydrogens (tertiary/aromatic N) is 4. The molecule has 4 amide bonds. The fraction of sp³-hybridized carbons (Fsp3) is 0.510. The highest BCUT2D eigenvalue weighted by atomic mass is 16.5. The predicted octanol–water partition coefficient (Wildman–Crippen LogP) is 7.07. The maximum atomic E-state index is 14.4. The Labute approximate surface area is 382 Å². The van der Waals surface area contributed by atoms with Crippen LogP contribution in [0.5, 0.6) is 5.75 Å². The maximum absolute atomic E-state index is 14.4. The van der Waals surface area contributed by atoms with Gasteiger partial charge in [-0.3, -0.25) is 9.59 Å². The van der Waals surface area contributed by atoms with Gasteiger partial charge in [-0.25, -0.2) is 19.6 Å². The Morgan fingerprint density at radius 2 is 1.32 bits per heavy atom. The van der Waals surface area contributed by atoms with Gasteiger partial charge >= 0.3 is 12.2 Å². The van der Waals surface area contributed by atoms with Crippen LogP contribution in [0.15, 0.2) is 48.7 Å². The SMILES string of the molecule is COC(=O)NC(C(=O)N1[C@@H](C)CC[C@H]1c1nc2c(ccc3cc4c(cc32)OCc2cc(-c3cnc([C@@H]5CC[C@H](C)N5C(=O)[C@@H](NC(=O)OC)C5CCOCC5)[nH]3)ccc2-4)[nH]1)C1CCOCC1. The summed E-state index contributed by atoms with van der Waals surface area (Å²) in [5, 5.41) is 7.66. The van der Waals surface area contributed by atoms with Crippen molar-refractivity contribution in [2.75, 3.05) is 40.6 Å². The zero-order valence-electron chi connectivity index (χ0n) is 37.9. The number of methoxy groups -OCH3 is 2. The molecule has 66 heavy (non-hydrogen) atoms. The van der Waals surface area contributed by atoms with Gasteiger partial charge in [-0.1, -0.05) is 18.2 Å². The molecule has 0 radical (unpaired) electrons. The lowest BCUT2D eigenvalue weighted by atomic mass is 9.90. The van der Waals surface area contributed by atoms with E-state index in [0.29, 0.717) is 70.4 Å². The first-order valence-corrected chi connectivity index (χ1v) is 23.4. The first-order chi connectivity index (χ1) is 32.1. The van der Waals surface area contributed by atoms with Gasteiger partial charge in [0.25, 0.3) is 0 Å². The number of carbonyl (C=O) groups is 4. The Kier molecular flexibility index (Phi) is 12.1. The highest BCUT2D eigenvalue weighted by molar-refractivity contribution is 6.07. The second-order valence-corrected chi connectivity index (χ2v) is 18.5. The van der Waals surface area contributed by atoms with E-state index in [1.54, 1.807) is 0 Å². The molecule has 10 rings (SSSR count). The number of imidazole rings is 2. The van der Waals surface area contributed by atoms with Gasteiger partial charge in [-0.05, 0) is 123 Å². The van der Waals surface area contributed by atoms with Crippen molar-refractivity contribution in [2.45, 2.75) is 108 Å². The number of ether oxygens (including phenoxy) is 5. The summed E-state index contributed by atoms with van der Waals surface area (Å²) < 4.78 is 27.5. The van der Waals surface area contributed by atoms with Crippen molar-refractivity contribution in [2.24, 2.45) is 11.8 Å². The molecule has 5 aliphatic rings. The van der Waals surface area contributed by atoms with Gasteiger partial charge in [-0.15, -0.1) is 0 Å². The van der Waals surface area contributed by atoms with Crippen LogP contribution in [0.25, 0.3) is 44.2 Å². The number of alkyl carbamates (subject to hydrolysis) is 2. The van der Waals surface area contributed by atoms with E-state index in [4.69, 9.17) is 33.7 Å². The predicted molar refractivity (Wildman–Crippen MR) is 243 cm³/mol. The molecule has 1 unspecified atom stereocenters. The molecule has 0 spiro atoms. The average Bonchev–Trinajstić information content (AvgIpc) is 4.18. The van der Waals surface area contributed by atoms with E-state index in [2.05, 4.69) is 63.9 Å². The molecule has 2 aromatic heterocycles. The minimum absolute atomic E-state index is 0.0308. The van der Waals surface area contributed by atoms with E-state index in [1.165, 1.54) is 14.2 Å². The summed E-state index contributed by atoms with van der Waals surface area (Å²) in [6.45, 7) is 6.66. The second kappa shape index (κ2) is 18.2. The molecule has 348 valence electrons. The number of hydrogen-bond acceptors (Lipinski definition) is 11. The summed E-state index contributed by atoms with van der Waals surface area (Å²) in [5.41, 5.74) is 6.58. The fourth-order valence-corrected chi connectivity index (χ4v) is 11.1. The number of aromatic amines is 2. The number of amides is 4. The Hall–Kier alpha value is -6.20. The lowest BCUT2D eigenvalue weighted by Crippen LogP contribution is -2.54. The molecule has 4 saturated heterocycles.